The first-order valence-electron chi connectivity index (χ1n) is 8.21. The van der Waals surface area contributed by atoms with Gasteiger partial charge in [0.2, 0.25) is 0 Å². The fraction of sp³-hybridized carbons (Fsp3) is 0.167. The number of hydrogen-bond acceptors (Lipinski definition) is 6. The summed E-state index contributed by atoms with van der Waals surface area (Å²) in [6, 6.07) is 11.7. The quantitative estimate of drug-likeness (QED) is 0.660. The van der Waals surface area contributed by atoms with Gasteiger partial charge in [0.05, 0.1) is 0 Å². The van der Waals surface area contributed by atoms with Gasteiger partial charge in [-0.3, -0.25) is 5.01 Å². The van der Waals surface area contributed by atoms with Crippen molar-refractivity contribution >= 4 is 35.3 Å². The van der Waals surface area contributed by atoms with Crippen LogP contribution in [-0.4, -0.2) is 44.8 Å². The third-order valence-corrected chi connectivity index (χ3v) is 4.93. The van der Waals surface area contributed by atoms with E-state index in [1.807, 2.05) is 43.3 Å². The van der Waals surface area contributed by atoms with Gasteiger partial charge in [0.1, 0.15) is 0 Å². The lowest BCUT2D eigenvalue weighted by molar-refractivity contribution is -0.131. The number of carboxylic acids is 1. The summed E-state index contributed by atoms with van der Waals surface area (Å²) in [6.07, 6.45) is 2.02. The predicted octanol–water partition coefficient (Wildman–Crippen LogP) is 2.83. The Morgan fingerprint density at radius 1 is 1.26 bits per heavy atom. The van der Waals surface area contributed by atoms with E-state index in [0.717, 1.165) is 32.1 Å². The molecule has 1 aromatic heterocycles. The maximum Gasteiger partial charge on any atom is 0.444 e. The molecule has 2 aromatic rings. The topological polar surface area (TPSA) is 105 Å². The smallest absolute Gasteiger partial charge is 0.444 e. The fourth-order valence-corrected chi connectivity index (χ4v) is 3.72. The van der Waals surface area contributed by atoms with Gasteiger partial charge in [0, 0.05) is 34.4 Å². The number of hydrazine groups is 2. The van der Waals surface area contributed by atoms with Crippen LogP contribution < -0.4 is 5.53 Å². The van der Waals surface area contributed by atoms with Crippen molar-refractivity contribution in [2.75, 3.05) is 6.54 Å². The van der Waals surface area contributed by atoms with E-state index in [2.05, 4.69) is 10.6 Å². The van der Waals surface area contributed by atoms with Gasteiger partial charge in [0.25, 0.3) is 0 Å². The van der Waals surface area contributed by atoms with Crippen LogP contribution in [0.2, 0.25) is 0 Å². The molecular formula is C18H18N4O4S. The molecule has 0 bridgehead atoms. The summed E-state index contributed by atoms with van der Waals surface area (Å²) in [5.74, 6) is -0.543. The van der Waals surface area contributed by atoms with Crippen LogP contribution in [0, 0.1) is 0 Å². The monoisotopic (exact) mass is 386 g/mol. The standard InChI is InChI=1S/C18H18N4O4S/c1-2-21-17(19-22(20-21)18(25)26)14-11-13(8-9-16(23)24)27-15(14)10-12-6-4-3-5-7-12/h3-9,11,20H,2,10H2,1H3,(H,23,24)(H,25,26)/b9-8+. The Bertz CT molecular complexity index is 907. The summed E-state index contributed by atoms with van der Waals surface area (Å²) in [7, 11) is 0. The number of rotatable bonds is 6. The van der Waals surface area contributed by atoms with Gasteiger partial charge in [-0.1, -0.05) is 30.3 Å². The van der Waals surface area contributed by atoms with Crippen LogP contribution in [0.3, 0.4) is 0 Å². The zero-order valence-corrected chi connectivity index (χ0v) is 15.3. The minimum atomic E-state index is -1.21. The first-order valence-corrected chi connectivity index (χ1v) is 9.03. The van der Waals surface area contributed by atoms with Crippen molar-refractivity contribution in [2.24, 2.45) is 5.10 Å². The maximum absolute atomic E-state index is 11.3. The van der Waals surface area contributed by atoms with Crippen molar-refractivity contribution in [1.82, 2.24) is 15.7 Å². The molecule has 9 heteroatoms. The summed E-state index contributed by atoms with van der Waals surface area (Å²) in [5.41, 5.74) is 4.56. The number of carboxylic acid groups (broad SMARTS) is 2. The van der Waals surface area contributed by atoms with Crippen molar-refractivity contribution in [3.05, 3.63) is 63.4 Å². The molecule has 0 saturated heterocycles. The summed E-state index contributed by atoms with van der Waals surface area (Å²) in [5, 5.41) is 24.6. The summed E-state index contributed by atoms with van der Waals surface area (Å²) < 4.78 is 0. The van der Waals surface area contributed by atoms with Gasteiger partial charge in [-0.25, -0.2) is 9.59 Å². The van der Waals surface area contributed by atoms with E-state index < -0.39 is 12.1 Å². The molecule has 1 aliphatic rings. The maximum atomic E-state index is 11.3. The van der Waals surface area contributed by atoms with E-state index >= 15 is 0 Å². The molecule has 3 N–H and O–H groups in total. The van der Waals surface area contributed by atoms with Crippen LogP contribution >= 0.6 is 11.3 Å². The first kappa shape index (κ1) is 18.6. The van der Waals surface area contributed by atoms with Crippen molar-refractivity contribution in [3.8, 4) is 0 Å². The van der Waals surface area contributed by atoms with Gasteiger partial charge < -0.3 is 10.2 Å². The Morgan fingerprint density at radius 2 is 2.00 bits per heavy atom. The lowest BCUT2D eigenvalue weighted by atomic mass is 10.1. The molecule has 2 heterocycles. The van der Waals surface area contributed by atoms with E-state index in [9.17, 15) is 14.7 Å². The van der Waals surface area contributed by atoms with Crippen molar-refractivity contribution in [1.29, 1.82) is 0 Å². The normalized spacial score (nSPS) is 14.0. The molecule has 1 aromatic carbocycles. The molecule has 8 nitrogen and oxygen atoms in total. The van der Waals surface area contributed by atoms with E-state index in [1.165, 1.54) is 17.4 Å². The Hall–Kier alpha value is -3.17. The fourth-order valence-electron chi connectivity index (χ4n) is 2.62. The van der Waals surface area contributed by atoms with Gasteiger partial charge in [-0.15, -0.1) is 27.1 Å². The number of nitrogens with zero attached hydrogens (tertiary/aromatic N) is 3. The van der Waals surface area contributed by atoms with Gasteiger partial charge in [-0.2, -0.15) is 0 Å². The Labute approximate surface area is 159 Å². The molecule has 1 amide bonds. The molecule has 27 heavy (non-hydrogen) atoms. The highest BCUT2D eigenvalue weighted by atomic mass is 32.1. The van der Waals surface area contributed by atoms with E-state index in [0.29, 0.717) is 18.8 Å². The minimum absolute atomic E-state index is 0.483. The van der Waals surface area contributed by atoms with Crippen LogP contribution in [-0.2, 0) is 11.2 Å². The Balaban J connectivity index is 2.02. The van der Waals surface area contributed by atoms with Crippen molar-refractivity contribution in [2.45, 2.75) is 13.3 Å². The first-order chi connectivity index (χ1) is 13.0. The number of hydrazone groups is 1. The summed E-state index contributed by atoms with van der Waals surface area (Å²) in [6.45, 7) is 2.38. The number of aliphatic carboxylic acids is 1. The van der Waals surface area contributed by atoms with Gasteiger partial charge in [-0.05, 0) is 24.6 Å². The molecule has 140 valence electrons. The van der Waals surface area contributed by atoms with Crippen LogP contribution in [0.15, 0.2) is 47.6 Å². The second-order valence-corrected chi connectivity index (χ2v) is 6.85. The average Bonchev–Trinajstić information content (AvgIpc) is 3.24. The van der Waals surface area contributed by atoms with E-state index in [1.54, 1.807) is 5.01 Å². The number of nitrogens with one attached hydrogen (secondary N) is 1. The lowest BCUT2D eigenvalue weighted by Gasteiger charge is -2.18. The summed E-state index contributed by atoms with van der Waals surface area (Å²) >= 11 is 1.45. The van der Waals surface area contributed by atoms with Crippen LogP contribution in [0.25, 0.3) is 6.08 Å². The van der Waals surface area contributed by atoms with Crippen LogP contribution in [0.1, 0.15) is 27.8 Å². The molecule has 0 unspecified atom stereocenters. The van der Waals surface area contributed by atoms with Gasteiger partial charge in [0.15, 0.2) is 5.84 Å². The zero-order valence-electron chi connectivity index (χ0n) is 14.5. The van der Waals surface area contributed by atoms with E-state index in [-0.39, 0.29) is 0 Å². The Morgan fingerprint density at radius 3 is 2.63 bits per heavy atom. The lowest BCUT2D eigenvalue weighted by Crippen LogP contribution is -2.44. The predicted molar refractivity (Wildman–Crippen MR) is 102 cm³/mol. The summed E-state index contributed by atoms with van der Waals surface area (Å²) in [4.78, 5) is 23.8. The number of thiophene rings is 1. The molecule has 0 spiro atoms. The Kier molecular flexibility index (Phi) is 5.53. The zero-order chi connectivity index (χ0) is 19.4. The van der Waals surface area contributed by atoms with Crippen LogP contribution in [0.5, 0.6) is 0 Å². The number of hydrogen-bond donors (Lipinski definition) is 3. The SMILES string of the molecule is CCN1NN(C(=O)O)N=C1c1cc(/C=C/C(=O)O)sc1Cc1ccccc1. The molecule has 0 fully saturated rings. The molecular weight excluding hydrogens is 368 g/mol. The number of amides is 1. The van der Waals surface area contributed by atoms with Crippen molar-refractivity contribution < 1.29 is 19.8 Å². The number of benzene rings is 1. The average molecular weight is 386 g/mol. The third-order valence-electron chi connectivity index (χ3n) is 3.83. The largest absolute Gasteiger partial charge is 0.478 e. The molecule has 0 saturated carbocycles. The third kappa shape index (κ3) is 4.33. The molecule has 3 rings (SSSR count). The minimum Gasteiger partial charge on any atom is -0.478 e. The van der Waals surface area contributed by atoms with Crippen LogP contribution in [0.4, 0.5) is 4.79 Å². The molecule has 0 radical (unpaired) electrons. The van der Waals surface area contributed by atoms with Crippen molar-refractivity contribution in [3.63, 3.8) is 0 Å². The highest BCUT2D eigenvalue weighted by molar-refractivity contribution is 7.13. The van der Waals surface area contributed by atoms with E-state index in [4.69, 9.17) is 5.11 Å². The molecule has 1 aliphatic heterocycles. The highest BCUT2D eigenvalue weighted by Crippen LogP contribution is 2.29. The highest BCUT2D eigenvalue weighted by Gasteiger charge is 2.29. The number of amidine groups is 1. The second-order valence-electron chi connectivity index (χ2n) is 5.68. The van der Waals surface area contributed by atoms with Gasteiger partial charge >= 0.3 is 12.1 Å². The number of carbonyl (C=O) groups is 2. The molecule has 0 atom stereocenters. The second kappa shape index (κ2) is 8.02. The molecule has 0 aliphatic carbocycles.